The molecule has 0 aliphatic rings. The van der Waals surface area contributed by atoms with Crippen molar-refractivity contribution in [3.8, 4) is 0 Å². The second kappa shape index (κ2) is 8.84. The monoisotopic (exact) mass is 492 g/mol. The normalized spacial score (nSPS) is 3.50. The summed E-state index contributed by atoms with van der Waals surface area (Å²) in [5, 5.41) is 0. The fourth-order valence-electron chi connectivity index (χ4n) is 0. The Morgan fingerprint density at radius 1 is 1.75 bits per heavy atom. The van der Waals surface area contributed by atoms with Crippen LogP contribution in [0.1, 0.15) is 0 Å². The summed E-state index contributed by atoms with van der Waals surface area (Å²) in [7, 11) is 0. The van der Waals surface area contributed by atoms with Crippen LogP contribution in [0.4, 0.5) is 0 Å². The minimum Gasteiger partial charge on any atom is 0 e. The van der Waals surface area contributed by atoms with E-state index in [-0.39, 0.29) is 19.5 Å². The van der Waals surface area contributed by atoms with Crippen molar-refractivity contribution in [3.05, 3.63) is 0 Å². The third kappa shape index (κ3) is 9.18. The van der Waals surface area contributed by atoms with Crippen LogP contribution in [-0.2, 0) is 55.3 Å². The van der Waals surface area contributed by atoms with Crippen LogP contribution in [0.15, 0.2) is 0 Å². The van der Waals surface area contributed by atoms with Crippen LogP contribution < -0.4 is 0 Å². The molecular weight excluding hydrogens is 490 g/mol. The molecule has 0 spiro atoms. The molecule has 0 radical (unpaired) electrons. The first kappa shape index (κ1) is 9.26. The zero-order valence-corrected chi connectivity index (χ0v) is 8.89. The molecule has 1 nitrogen and oxygen atoms in total. The van der Waals surface area contributed by atoms with E-state index in [9.17, 15) is 0 Å². The van der Waals surface area contributed by atoms with Crippen molar-refractivity contribution >= 4 is 0 Å². The molecule has 0 saturated heterocycles. The molecule has 0 aliphatic carbocycles. The van der Waals surface area contributed by atoms with Crippen LogP contribution in [0, 0.1) is 0 Å². The summed E-state index contributed by atoms with van der Waals surface area (Å²) in [4.78, 5) is 0. The quantitative estimate of drug-likeness (QED) is 0.433. The first-order valence-electron chi connectivity index (χ1n) is 0.332. The van der Waals surface area contributed by atoms with Gasteiger partial charge in [-0.1, -0.05) is 0 Å². The molecule has 0 saturated carbocycles. The van der Waals surface area contributed by atoms with Gasteiger partial charge in [-0.05, 0) is 0 Å². The standard InChI is InChI=1S/Ir.O.Ru.Ta. The molecule has 0 aromatic rings. The zero-order chi connectivity index (χ0) is 2.71. The van der Waals surface area contributed by atoms with E-state index < -0.39 is 16.9 Å². The van der Waals surface area contributed by atoms with Gasteiger partial charge in [0, 0.05) is 19.5 Å². The maximum Gasteiger partial charge on any atom is 0 e. The van der Waals surface area contributed by atoms with Gasteiger partial charge in [0.05, 0.1) is 0 Å². The van der Waals surface area contributed by atoms with E-state index >= 15 is 0 Å². The molecule has 0 N–H and O–H groups in total. The molecule has 0 unspecified atom stereocenters. The maximum absolute atomic E-state index is 9.11. The van der Waals surface area contributed by atoms with Gasteiger partial charge in [-0.3, -0.25) is 0 Å². The fourth-order valence-corrected chi connectivity index (χ4v) is 0. The summed E-state index contributed by atoms with van der Waals surface area (Å²) >= 11 is 0.667. The van der Waals surface area contributed by atoms with Crippen LogP contribution in [0.5, 0.6) is 0 Å². The first-order valence-corrected chi connectivity index (χ1v) is 11.5. The third-order valence-corrected chi connectivity index (χ3v) is 0. The minimum atomic E-state index is -1.08. The zero-order valence-electron chi connectivity index (χ0n) is 1.54. The molecule has 0 rings (SSSR count). The average molecular weight is 490 g/mol. The molecule has 0 aromatic carbocycles. The maximum atomic E-state index is 9.11. The Labute approximate surface area is 54.7 Å². The Hall–Kier alpha value is 1.81. The van der Waals surface area contributed by atoms with E-state index in [1.807, 2.05) is 0 Å². The number of hydrogen-bond donors (Lipinski definition) is 0. The van der Waals surface area contributed by atoms with E-state index in [0.717, 1.165) is 0 Å². The van der Waals surface area contributed by atoms with Gasteiger partial charge in [-0.15, -0.1) is 0 Å². The minimum absolute atomic E-state index is 0. The second-order valence-corrected chi connectivity index (χ2v) is 4.08. The van der Waals surface area contributed by atoms with Gasteiger partial charge in [0.25, 0.3) is 0 Å². The van der Waals surface area contributed by atoms with Crippen LogP contribution in [0.2, 0.25) is 0 Å². The van der Waals surface area contributed by atoms with Gasteiger partial charge in [0.1, 0.15) is 0 Å². The predicted molar refractivity (Wildman–Crippen MR) is 0.686 cm³/mol. The fraction of sp³-hybridized carbons (Fsp3) is 0. The van der Waals surface area contributed by atoms with E-state index in [1.54, 1.807) is 15.7 Å². The van der Waals surface area contributed by atoms with Gasteiger partial charge in [0.15, 0.2) is 0 Å². The van der Waals surface area contributed by atoms with E-state index in [0.29, 0.717) is 0 Å². The molecule has 28 valence electrons. The SMILES string of the molecule is [O]=[Ta][Ir].[Ru]. The van der Waals surface area contributed by atoms with Gasteiger partial charge in [-0.2, -0.15) is 0 Å². The van der Waals surface area contributed by atoms with Crippen LogP contribution in [-0.4, -0.2) is 0 Å². The van der Waals surface area contributed by atoms with E-state index in [4.69, 9.17) is 3.25 Å². The summed E-state index contributed by atoms with van der Waals surface area (Å²) in [6, 6.07) is 0. The molecule has 4 heavy (non-hydrogen) atoms. The molecule has 0 aliphatic heterocycles. The van der Waals surface area contributed by atoms with Gasteiger partial charge >= 0.3 is 35.8 Å². The molecule has 0 aromatic heterocycles. The molecular formula is IrORuTa. The van der Waals surface area contributed by atoms with Crippen molar-refractivity contribution in [2.24, 2.45) is 0 Å². The Balaban J connectivity index is 0. The Morgan fingerprint density at radius 3 is 1.75 bits per heavy atom. The predicted octanol–water partition coefficient (Wildman–Crippen LogP) is -0.126. The smallest absolute Gasteiger partial charge is 0 e. The summed E-state index contributed by atoms with van der Waals surface area (Å²) < 4.78 is 9.11. The third-order valence-electron chi connectivity index (χ3n) is 0. The van der Waals surface area contributed by atoms with Crippen molar-refractivity contribution in [1.29, 1.82) is 0 Å². The summed E-state index contributed by atoms with van der Waals surface area (Å²) in [5.74, 6) is 0. The van der Waals surface area contributed by atoms with Gasteiger partial charge in [0.2, 0.25) is 0 Å². The molecule has 0 bridgehead atoms. The van der Waals surface area contributed by atoms with Crippen molar-refractivity contribution in [1.82, 2.24) is 0 Å². The first-order chi connectivity index (χ1) is 1.41. The molecule has 0 fully saturated rings. The molecule has 0 amide bonds. The number of rotatable bonds is 0. The largest absolute Gasteiger partial charge is 0 e. The van der Waals surface area contributed by atoms with E-state index in [1.165, 1.54) is 0 Å². The topological polar surface area (TPSA) is 17.1 Å². The summed E-state index contributed by atoms with van der Waals surface area (Å²) in [6.07, 6.45) is 0. The number of hydrogen-bond acceptors (Lipinski definition) is 1. The molecule has 0 heterocycles. The van der Waals surface area contributed by atoms with Crippen molar-refractivity contribution in [2.45, 2.75) is 0 Å². The van der Waals surface area contributed by atoms with Gasteiger partial charge < -0.3 is 0 Å². The molecule has 4 heteroatoms. The average Bonchev–Trinajstić information content (AvgIpc) is 0.918. The van der Waals surface area contributed by atoms with Crippen LogP contribution in [0.25, 0.3) is 0 Å². The molecule has 0 atom stereocenters. The summed E-state index contributed by atoms with van der Waals surface area (Å²) in [5.41, 5.74) is 0. The van der Waals surface area contributed by atoms with Crippen LogP contribution in [0.3, 0.4) is 0 Å². The Morgan fingerprint density at radius 2 is 1.75 bits per heavy atom. The van der Waals surface area contributed by atoms with Crippen molar-refractivity contribution in [2.75, 3.05) is 0 Å². The van der Waals surface area contributed by atoms with E-state index in [2.05, 4.69) is 0 Å². The second-order valence-electron chi connectivity index (χ2n) is 0.0609. The van der Waals surface area contributed by atoms with Crippen LogP contribution >= 0.6 is 0 Å². The Bertz CT molecular complexity index is 15.5. The van der Waals surface area contributed by atoms with Gasteiger partial charge in [-0.25, -0.2) is 0 Å². The Kier molecular flexibility index (Phi) is 20.5. The summed E-state index contributed by atoms with van der Waals surface area (Å²) in [6.45, 7) is 0. The van der Waals surface area contributed by atoms with Crippen molar-refractivity contribution in [3.63, 3.8) is 0 Å². The van der Waals surface area contributed by atoms with Crippen molar-refractivity contribution < 1.29 is 55.3 Å².